The van der Waals surface area contributed by atoms with Gasteiger partial charge in [0.15, 0.2) is 0 Å². The van der Waals surface area contributed by atoms with Gasteiger partial charge in [-0.1, -0.05) is 31.0 Å². The van der Waals surface area contributed by atoms with Crippen LogP contribution in [-0.4, -0.2) is 61.5 Å². The van der Waals surface area contributed by atoms with Crippen molar-refractivity contribution in [3.63, 3.8) is 0 Å². The zero-order valence-electron chi connectivity index (χ0n) is 20.4. The van der Waals surface area contributed by atoms with Crippen molar-refractivity contribution in [3.05, 3.63) is 65.5 Å². The summed E-state index contributed by atoms with van der Waals surface area (Å²) in [5, 5.41) is 0. The maximum absolute atomic E-state index is 13.4. The van der Waals surface area contributed by atoms with Gasteiger partial charge in [-0.2, -0.15) is 13.2 Å². The average Bonchev–Trinajstić information content (AvgIpc) is 3.55. The monoisotopic (exact) mass is 503 g/mol. The van der Waals surface area contributed by atoms with Gasteiger partial charge in [0.2, 0.25) is 5.91 Å². The molecule has 2 heterocycles. The summed E-state index contributed by atoms with van der Waals surface area (Å²) in [6.45, 7) is 5.06. The highest BCUT2D eigenvalue weighted by Crippen LogP contribution is 2.38. The van der Waals surface area contributed by atoms with Crippen LogP contribution in [0.25, 0.3) is 0 Å². The molecule has 0 spiro atoms. The fourth-order valence-corrected chi connectivity index (χ4v) is 6.16. The first-order valence-electron chi connectivity index (χ1n) is 13.0. The van der Waals surface area contributed by atoms with Crippen LogP contribution in [0.15, 0.2) is 48.5 Å². The third kappa shape index (κ3) is 5.53. The number of piperazine rings is 1. The Bertz CT molecular complexity index is 1040. The Labute approximate surface area is 209 Å². The second-order valence-corrected chi connectivity index (χ2v) is 10.5. The van der Waals surface area contributed by atoms with Gasteiger partial charge >= 0.3 is 6.18 Å². The van der Waals surface area contributed by atoms with Crippen LogP contribution in [0.5, 0.6) is 0 Å². The van der Waals surface area contributed by atoms with E-state index < -0.39 is 11.7 Å². The van der Waals surface area contributed by atoms with Crippen LogP contribution in [-0.2, 0) is 11.0 Å². The van der Waals surface area contributed by atoms with E-state index in [0.717, 1.165) is 70.2 Å². The Hall–Kier alpha value is -2.61. The molecule has 2 aliphatic heterocycles. The molecule has 0 aromatic heterocycles. The highest BCUT2D eigenvalue weighted by Gasteiger charge is 2.40. The summed E-state index contributed by atoms with van der Waals surface area (Å²) >= 11 is 0. The summed E-state index contributed by atoms with van der Waals surface area (Å²) in [6.07, 6.45) is -0.411. The van der Waals surface area contributed by atoms with Crippen molar-refractivity contribution in [1.82, 2.24) is 9.80 Å². The van der Waals surface area contributed by atoms with Crippen LogP contribution in [0.4, 0.5) is 23.2 Å². The summed E-state index contributed by atoms with van der Waals surface area (Å²) in [4.78, 5) is 19.7. The number of amides is 1. The molecule has 5 rings (SSSR count). The molecule has 8 heteroatoms. The van der Waals surface area contributed by atoms with Crippen LogP contribution >= 0.6 is 0 Å². The minimum absolute atomic E-state index is 0.0603. The third-order valence-corrected chi connectivity index (χ3v) is 8.16. The highest BCUT2D eigenvalue weighted by atomic mass is 19.4. The van der Waals surface area contributed by atoms with E-state index in [1.165, 1.54) is 24.3 Å². The van der Waals surface area contributed by atoms with Crippen LogP contribution in [0.1, 0.15) is 42.7 Å². The number of carbonyl (C=O) groups excluding carboxylic acids is 1. The first-order valence-corrected chi connectivity index (χ1v) is 13.0. The lowest BCUT2D eigenvalue weighted by molar-refractivity contribution is -0.137. The molecular weight excluding hydrogens is 470 g/mol. The van der Waals surface area contributed by atoms with Crippen molar-refractivity contribution in [3.8, 4) is 0 Å². The van der Waals surface area contributed by atoms with Gasteiger partial charge in [-0.05, 0) is 54.7 Å². The van der Waals surface area contributed by atoms with E-state index >= 15 is 0 Å². The highest BCUT2D eigenvalue weighted by molar-refractivity contribution is 5.79. The van der Waals surface area contributed by atoms with E-state index in [-0.39, 0.29) is 29.5 Å². The van der Waals surface area contributed by atoms with Gasteiger partial charge in [-0.15, -0.1) is 0 Å². The van der Waals surface area contributed by atoms with Crippen LogP contribution in [0.2, 0.25) is 0 Å². The fourth-order valence-electron chi connectivity index (χ4n) is 6.16. The lowest BCUT2D eigenvalue weighted by Crippen LogP contribution is -2.48. The van der Waals surface area contributed by atoms with Crippen molar-refractivity contribution in [2.45, 2.75) is 37.8 Å². The molecule has 1 saturated carbocycles. The molecule has 3 fully saturated rings. The number of anilines is 1. The molecule has 4 nitrogen and oxygen atoms in total. The Morgan fingerprint density at radius 2 is 1.61 bits per heavy atom. The van der Waals surface area contributed by atoms with E-state index in [1.807, 2.05) is 4.90 Å². The minimum Gasteiger partial charge on any atom is -0.369 e. The Balaban J connectivity index is 1.29. The van der Waals surface area contributed by atoms with E-state index in [0.29, 0.717) is 18.7 Å². The molecule has 1 aliphatic carbocycles. The number of benzene rings is 2. The molecule has 194 valence electrons. The lowest BCUT2D eigenvalue weighted by atomic mass is 9.87. The first-order chi connectivity index (χ1) is 17.3. The van der Waals surface area contributed by atoms with Crippen LogP contribution < -0.4 is 4.90 Å². The number of rotatable bonds is 5. The van der Waals surface area contributed by atoms with Crippen molar-refractivity contribution >= 4 is 11.6 Å². The number of hydrogen-bond acceptors (Lipinski definition) is 3. The van der Waals surface area contributed by atoms with E-state index in [2.05, 4.69) is 9.80 Å². The number of alkyl halides is 3. The molecule has 2 saturated heterocycles. The standard InChI is InChI=1S/C28H33F4N3O/c29-24-8-10-25(11-9-24)34-14-12-33(13-15-34)17-22-18-35(27(36)20-4-1-2-5-20)19-26(22)21-6-3-7-23(16-21)28(30,31)32/h3,6-11,16,20,22,26H,1-2,4-5,12-15,17-19H2. The summed E-state index contributed by atoms with van der Waals surface area (Å²) in [5.74, 6) is -0.0572. The van der Waals surface area contributed by atoms with Gasteiger partial charge in [0, 0.05) is 63.3 Å². The maximum atomic E-state index is 13.4. The predicted molar refractivity (Wildman–Crippen MR) is 131 cm³/mol. The number of halogens is 4. The molecule has 36 heavy (non-hydrogen) atoms. The first kappa shape index (κ1) is 25.1. The maximum Gasteiger partial charge on any atom is 0.416 e. The molecular formula is C28H33F4N3O. The number of likely N-dealkylation sites (tertiary alicyclic amines) is 1. The Morgan fingerprint density at radius 3 is 2.28 bits per heavy atom. The quantitative estimate of drug-likeness (QED) is 0.512. The van der Waals surface area contributed by atoms with Gasteiger partial charge in [0.25, 0.3) is 0 Å². The summed E-state index contributed by atoms with van der Waals surface area (Å²) in [5.41, 5.74) is 1.03. The van der Waals surface area contributed by atoms with E-state index in [4.69, 9.17) is 0 Å². The summed E-state index contributed by atoms with van der Waals surface area (Å²) < 4.78 is 53.6. The summed E-state index contributed by atoms with van der Waals surface area (Å²) in [6, 6.07) is 12.2. The van der Waals surface area contributed by atoms with Gasteiger partial charge in [-0.3, -0.25) is 9.69 Å². The zero-order valence-corrected chi connectivity index (χ0v) is 20.4. The molecule has 0 N–H and O–H groups in total. The molecule has 0 bridgehead atoms. The molecule has 0 radical (unpaired) electrons. The normalized spacial score (nSPS) is 24.0. The van der Waals surface area contributed by atoms with Crippen molar-refractivity contribution in [2.24, 2.45) is 11.8 Å². The number of hydrogen-bond donors (Lipinski definition) is 0. The second-order valence-electron chi connectivity index (χ2n) is 10.5. The largest absolute Gasteiger partial charge is 0.416 e. The van der Waals surface area contributed by atoms with Crippen molar-refractivity contribution in [2.75, 3.05) is 50.7 Å². The smallest absolute Gasteiger partial charge is 0.369 e. The topological polar surface area (TPSA) is 26.8 Å². The lowest BCUT2D eigenvalue weighted by Gasteiger charge is -2.38. The predicted octanol–water partition coefficient (Wildman–Crippen LogP) is 5.40. The molecule has 1 amide bonds. The van der Waals surface area contributed by atoms with Crippen molar-refractivity contribution < 1.29 is 22.4 Å². The second kappa shape index (κ2) is 10.4. The van der Waals surface area contributed by atoms with E-state index in [1.54, 1.807) is 18.2 Å². The van der Waals surface area contributed by atoms with Crippen molar-refractivity contribution in [1.29, 1.82) is 0 Å². The van der Waals surface area contributed by atoms with Crippen LogP contribution in [0.3, 0.4) is 0 Å². The van der Waals surface area contributed by atoms with E-state index in [9.17, 15) is 22.4 Å². The molecule has 2 unspecified atom stereocenters. The third-order valence-electron chi connectivity index (χ3n) is 8.16. The average molecular weight is 504 g/mol. The molecule has 2 atom stereocenters. The zero-order chi connectivity index (χ0) is 25.3. The van der Waals surface area contributed by atoms with Gasteiger partial charge in [-0.25, -0.2) is 4.39 Å². The fraction of sp³-hybridized carbons (Fsp3) is 0.536. The molecule has 2 aromatic rings. The summed E-state index contributed by atoms with van der Waals surface area (Å²) in [7, 11) is 0. The minimum atomic E-state index is -4.39. The van der Waals surface area contributed by atoms with Gasteiger partial charge < -0.3 is 9.80 Å². The van der Waals surface area contributed by atoms with Crippen LogP contribution in [0, 0.1) is 17.7 Å². The molecule has 3 aliphatic rings. The molecule has 2 aromatic carbocycles. The Morgan fingerprint density at radius 1 is 0.917 bits per heavy atom. The van der Waals surface area contributed by atoms with Gasteiger partial charge in [0.05, 0.1) is 5.56 Å². The van der Waals surface area contributed by atoms with Gasteiger partial charge in [0.1, 0.15) is 5.82 Å². The number of nitrogens with zero attached hydrogens (tertiary/aromatic N) is 3. The number of carbonyl (C=O) groups is 1. The SMILES string of the molecule is O=C(C1CCCC1)N1CC(CN2CCN(c3ccc(F)cc3)CC2)C(c2cccc(C(F)(F)F)c2)C1. The Kier molecular flexibility index (Phi) is 7.24.